The number of carbonyl (C=O) groups is 1. The van der Waals surface area contributed by atoms with Gasteiger partial charge in [0, 0.05) is 17.2 Å². The van der Waals surface area contributed by atoms with Crippen LogP contribution in [0.2, 0.25) is 5.02 Å². The van der Waals surface area contributed by atoms with E-state index in [0.717, 1.165) is 5.56 Å². The summed E-state index contributed by atoms with van der Waals surface area (Å²) < 4.78 is 4.65. The number of ether oxygens (including phenoxy) is 1. The molecule has 0 fully saturated rings. The highest BCUT2D eigenvalue weighted by molar-refractivity contribution is 6.30. The summed E-state index contributed by atoms with van der Waals surface area (Å²) in [6.07, 6.45) is 2.03. The molecule has 2 N–H and O–H groups in total. The number of carbonyl (C=O) groups excluding carboxylic acids is 1. The molecule has 1 aromatic rings. The summed E-state index contributed by atoms with van der Waals surface area (Å²) in [7, 11) is 1.32. The maximum atomic E-state index is 11.5. The minimum absolute atomic E-state index is 0.103. The SMILES string of the molecule is COC(=O)C1=CC(=N)CC(c2ccc(Cl)cc2)N1. The highest BCUT2D eigenvalue weighted by atomic mass is 35.5. The molecule has 18 heavy (non-hydrogen) atoms. The molecule has 1 aromatic carbocycles. The minimum Gasteiger partial charge on any atom is -0.464 e. The average Bonchev–Trinajstić information content (AvgIpc) is 2.38. The first-order chi connectivity index (χ1) is 8.60. The second-order valence-electron chi connectivity index (χ2n) is 4.03. The fourth-order valence-electron chi connectivity index (χ4n) is 1.86. The number of allylic oxidation sites excluding steroid dienone is 1. The summed E-state index contributed by atoms with van der Waals surface area (Å²) in [5.41, 5.74) is 1.70. The van der Waals surface area contributed by atoms with Crippen LogP contribution in [0.15, 0.2) is 36.0 Å². The molecule has 0 radical (unpaired) electrons. The van der Waals surface area contributed by atoms with Gasteiger partial charge in [0.2, 0.25) is 0 Å². The molecular formula is C13H13ClN2O2. The van der Waals surface area contributed by atoms with E-state index in [1.807, 2.05) is 12.1 Å². The van der Waals surface area contributed by atoms with Crippen LogP contribution in [0.25, 0.3) is 0 Å². The maximum absolute atomic E-state index is 11.5. The zero-order chi connectivity index (χ0) is 13.1. The van der Waals surface area contributed by atoms with E-state index in [-0.39, 0.29) is 6.04 Å². The smallest absolute Gasteiger partial charge is 0.354 e. The van der Waals surface area contributed by atoms with Crippen LogP contribution in [0.1, 0.15) is 18.0 Å². The number of hydrogen-bond donors (Lipinski definition) is 2. The second kappa shape index (κ2) is 5.23. The zero-order valence-corrected chi connectivity index (χ0v) is 10.6. The monoisotopic (exact) mass is 264 g/mol. The Labute approximate surface area is 110 Å². The van der Waals surface area contributed by atoms with Crippen molar-refractivity contribution in [2.75, 3.05) is 7.11 Å². The predicted octanol–water partition coefficient (Wildman–Crippen LogP) is 2.45. The highest BCUT2D eigenvalue weighted by Gasteiger charge is 2.23. The van der Waals surface area contributed by atoms with Crippen LogP contribution in [-0.4, -0.2) is 18.8 Å². The predicted molar refractivity (Wildman–Crippen MR) is 69.8 cm³/mol. The van der Waals surface area contributed by atoms with Gasteiger partial charge in [0.05, 0.1) is 13.2 Å². The van der Waals surface area contributed by atoms with Gasteiger partial charge in [0.25, 0.3) is 0 Å². The molecule has 1 unspecified atom stereocenters. The molecule has 1 aliphatic rings. The molecule has 2 rings (SSSR count). The van der Waals surface area contributed by atoms with E-state index in [4.69, 9.17) is 17.0 Å². The Kier molecular flexibility index (Phi) is 3.67. The van der Waals surface area contributed by atoms with Crippen molar-refractivity contribution >= 4 is 23.3 Å². The molecule has 0 saturated carbocycles. The topological polar surface area (TPSA) is 62.2 Å². The van der Waals surface area contributed by atoms with Gasteiger partial charge in [-0.25, -0.2) is 4.79 Å². The molecule has 1 aliphatic heterocycles. The Morgan fingerprint density at radius 2 is 2.11 bits per heavy atom. The number of benzene rings is 1. The van der Waals surface area contributed by atoms with Crippen LogP contribution in [0.3, 0.4) is 0 Å². The van der Waals surface area contributed by atoms with E-state index in [2.05, 4.69) is 10.1 Å². The molecule has 0 amide bonds. The van der Waals surface area contributed by atoms with Crippen molar-refractivity contribution in [2.24, 2.45) is 0 Å². The lowest BCUT2D eigenvalue weighted by atomic mass is 9.97. The number of esters is 1. The van der Waals surface area contributed by atoms with E-state index >= 15 is 0 Å². The van der Waals surface area contributed by atoms with Crippen LogP contribution in [-0.2, 0) is 9.53 Å². The van der Waals surface area contributed by atoms with Crippen LogP contribution in [0, 0.1) is 5.41 Å². The largest absolute Gasteiger partial charge is 0.464 e. The fourth-order valence-corrected chi connectivity index (χ4v) is 1.98. The minimum atomic E-state index is -0.460. The van der Waals surface area contributed by atoms with Crippen LogP contribution in [0.5, 0.6) is 0 Å². The lowest BCUT2D eigenvalue weighted by Crippen LogP contribution is -2.32. The van der Waals surface area contributed by atoms with E-state index in [9.17, 15) is 4.79 Å². The van der Waals surface area contributed by atoms with Crippen molar-refractivity contribution < 1.29 is 9.53 Å². The lowest BCUT2D eigenvalue weighted by Gasteiger charge is -2.25. The van der Waals surface area contributed by atoms with Crippen LogP contribution < -0.4 is 5.32 Å². The van der Waals surface area contributed by atoms with Crippen molar-refractivity contribution in [3.8, 4) is 0 Å². The highest BCUT2D eigenvalue weighted by Crippen LogP contribution is 2.24. The third-order valence-corrected chi connectivity index (χ3v) is 3.00. The molecule has 0 aromatic heterocycles. The summed E-state index contributed by atoms with van der Waals surface area (Å²) in [6, 6.07) is 7.24. The number of halogens is 1. The molecule has 0 spiro atoms. The van der Waals surface area contributed by atoms with Crippen molar-refractivity contribution in [1.82, 2.24) is 5.32 Å². The van der Waals surface area contributed by atoms with Crippen molar-refractivity contribution in [2.45, 2.75) is 12.5 Å². The van der Waals surface area contributed by atoms with Crippen molar-refractivity contribution in [1.29, 1.82) is 5.41 Å². The fraction of sp³-hybridized carbons (Fsp3) is 0.231. The molecule has 0 bridgehead atoms. The Balaban J connectivity index is 2.22. The Morgan fingerprint density at radius 1 is 1.44 bits per heavy atom. The van der Waals surface area contributed by atoms with Gasteiger partial charge in [-0.15, -0.1) is 0 Å². The van der Waals surface area contributed by atoms with E-state index in [0.29, 0.717) is 22.9 Å². The van der Waals surface area contributed by atoms with Gasteiger partial charge < -0.3 is 15.5 Å². The summed E-state index contributed by atoms with van der Waals surface area (Å²) in [5, 5.41) is 11.5. The Bertz CT molecular complexity index is 508. The van der Waals surface area contributed by atoms with Gasteiger partial charge in [0.15, 0.2) is 0 Å². The molecular weight excluding hydrogens is 252 g/mol. The van der Waals surface area contributed by atoms with Gasteiger partial charge in [-0.1, -0.05) is 23.7 Å². The van der Waals surface area contributed by atoms with Crippen LogP contribution >= 0.6 is 11.6 Å². The van der Waals surface area contributed by atoms with Gasteiger partial charge in [-0.2, -0.15) is 0 Å². The summed E-state index contributed by atoms with van der Waals surface area (Å²) in [5.74, 6) is -0.460. The third kappa shape index (κ3) is 2.71. The zero-order valence-electron chi connectivity index (χ0n) is 9.87. The summed E-state index contributed by atoms with van der Waals surface area (Å²) >= 11 is 5.83. The van der Waals surface area contributed by atoms with Crippen LogP contribution in [0.4, 0.5) is 0 Å². The molecule has 0 saturated heterocycles. The Hall–Kier alpha value is -1.81. The van der Waals surface area contributed by atoms with Crippen molar-refractivity contribution in [3.63, 3.8) is 0 Å². The molecule has 0 aliphatic carbocycles. The quantitative estimate of drug-likeness (QED) is 0.807. The van der Waals surface area contributed by atoms with E-state index in [1.54, 1.807) is 12.1 Å². The molecule has 94 valence electrons. The molecule has 5 heteroatoms. The van der Waals surface area contributed by atoms with Gasteiger partial charge >= 0.3 is 5.97 Å². The average molecular weight is 265 g/mol. The first-order valence-electron chi connectivity index (χ1n) is 5.49. The number of methoxy groups -OCH3 is 1. The lowest BCUT2D eigenvalue weighted by molar-refractivity contribution is -0.136. The second-order valence-corrected chi connectivity index (χ2v) is 4.46. The number of nitrogens with one attached hydrogen (secondary N) is 2. The normalized spacial score (nSPS) is 18.9. The van der Waals surface area contributed by atoms with Gasteiger partial charge in [-0.05, 0) is 23.8 Å². The summed E-state index contributed by atoms with van der Waals surface area (Å²) in [6.45, 7) is 0. The first kappa shape index (κ1) is 12.6. The third-order valence-electron chi connectivity index (χ3n) is 2.75. The summed E-state index contributed by atoms with van der Waals surface area (Å²) in [4.78, 5) is 11.5. The number of rotatable bonds is 2. The van der Waals surface area contributed by atoms with E-state index < -0.39 is 5.97 Å². The van der Waals surface area contributed by atoms with Crippen molar-refractivity contribution in [3.05, 3.63) is 46.6 Å². The maximum Gasteiger partial charge on any atom is 0.354 e. The standard InChI is InChI=1S/C13H13ClN2O2/c1-18-13(17)12-7-10(15)6-11(16-12)8-2-4-9(14)5-3-8/h2-5,7,11,15-16H,6H2,1H3. The van der Waals surface area contributed by atoms with E-state index in [1.165, 1.54) is 13.2 Å². The molecule has 4 nitrogen and oxygen atoms in total. The van der Waals surface area contributed by atoms with Gasteiger partial charge in [-0.3, -0.25) is 0 Å². The molecule has 1 heterocycles. The molecule has 1 atom stereocenters. The Morgan fingerprint density at radius 3 is 2.72 bits per heavy atom. The number of hydrogen-bond acceptors (Lipinski definition) is 4. The first-order valence-corrected chi connectivity index (χ1v) is 5.87. The van der Waals surface area contributed by atoms with Gasteiger partial charge in [0.1, 0.15) is 5.70 Å².